The highest BCUT2D eigenvalue weighted by Gasteiger charge is 2.07. The van der Waals surface area contributed by atoms with Gasteiger partial charge in [-0.3, -0.25) is 4.79 Å². The van der Waals surface area contributed by atoms with Gasteiger partial charge in [0.05, 0.1) is 0 Å². The number of hydrogen-bond donors (Lipinski definition) is 2. The molecule has 3 rings (SSSR count). The molecule has 0 radical (unpaired) electrons. The van der Waals surface area contributed by atoms with E-state index >= 15 is 0 Å². The molecular weight excluding hydrogens is 358 g/mol. The smallest absolute Gasteiger partial charge is 0.251 e. The number of carbonyl (C=O) groups is 1. The van der Waals surface area contributed by atoms with Gasteiger partial charge in [-0.05, 0) is 42.2 Å². The lowest BCUT2D eigenvalue weighted by molar-refractivity contribution is 0.0953. The van der Waals surface area contributed by atoms with Gasteiger partial charge in [0, 0.05) is 29.9 Å². The van der Waals surface area contributed by atoms with Crippen LogP contribution in [-0.2, 0) is 13.0 Å². The average molecular weight is 380 g/mol. The molecule has 2 aromatic carbocycles. The zero-order chi connectivity index (χ0) is 18.9. The van der Waals surface area contributed by atoms with Crippen molar-refractivity contribution in [2.75, 3.05) is 11.9 Å². The number of amides is 1. The fraction of sp³-hybridized carbons (Fsp3) is 0.182. The summed E-state index contributed by atoms with van der Waals surface area (Å²) in [7, 11) is 0. The minimum absolute atomic E-state index is 0.0914. The molecule has 0 bridgehead atoms. The Morgan fingerprint density at radius 2 is 1.78 bits per heavy atom. The molecule has 2 N–H and O–H groups in total. The predicted octanol–water partition coefficient (Wildman–Crippen LogP) is 4.71. The second-order valence-electron chi connectivity index (χ2n) is 6.22. The fourth-order valence-corrected chi connectivity index (χ4v) is 2.94. The molecule has 4 nitrogen and oxygen atoms in total. The van der Waals surface area contributed by atoms with Crippen LogP contribution in [0.25, 0.3) is 0 Å². The number of nitrogens with one attached hydrogen (secondary N) is 2. The van der Waals surface area contributed by atoms with Gasteiger partial charge in [0.2, 0.25) is 0 Å². The number of aromatic nitrogens is 1. The molecule has 3 aromatic rings. The Hall–Kier alpha value is -2.85. The summed E-state index contributed by atoms with van der Waals surface area (Å²) in [4.78, 5) is 16.6. The van der Waals surface area contributed by atoms with Crippen LogP contribution in [0.3, 0.4) is 0 Å². The number of nitrogens with zero attached hydrogens (tertiary/aromatic N) is 1. The molecule has 1 amide bonds. The molecule has 0 aliphatic carbocycles. The van der Waals surface area contributed by atoms with E-state index in [1.807, 2.05) is 42.5 Å². The van der Waals surface area contributed by atoms with Crippen molar-refractivity contribution in [2.24, 2.45) is 0 Å². The molecular formula is C22H22ClN3O. The predicted molar refractivity (Wildman–Crippen MR) is 110 cm³/mol. The van der Waals surface area contributed by atoms with E-state index < -0.39 is 0 Å². The lowest BCUT2D eigenvalue weighted by Gasteiger charge is -2.09. The summed E-state index contributed by atoms with van der Waals surface area (Å²) >= 11 is 6.16. The second kappa shape index (κ2) is 9.74. The van der Waals surface area contributed by atoms with Crippen molar-refractivity contribution < 1.29 is 4.79 Å². The van der Waals surface area contributed by atoms with Crippen LogP contribution in [0, 0.1) is 0 Å². The number of benzene rings is 2. The summed E-state index contributed by atoms with van der Waals surface area (Å²) in [5.74, 6) is 0.554. The zero-order valence-corrected chi connectivity index (χ0v) is 15.7. The molecule has 0 fully saturated rings. The maximum atomic E-state index is 12.3. The number of carbonyl (C=O) groups excluding carboxylic acids is 1. The third-order valence-electron chi connectivity index (χ3n) is 4.21. The van der Waals surface area contributed by atoms with E-state index in [0.717, 1.165) is 18.4 Å². The van der Waals surface area contributed by atoms with E-state index in [9.17, 15) is 4.79 Å². The van der Waals surface area contributed by atoms with Gasteiger partial charge in [-0.1, -0.05) is 60.1 Å². The van der Waals surface area contributed by atoms with Crippen molar-refractivity contribution in [1.82, 2.24) is 10.3 Å². The summed E-state index contributed by atoms with van der Waals surface area (Å²) in [5, 5.41) is 6.88. The number of aryl methyl sites for hydroxylation is 1. The van der Waals surface area contributed by atoms with Gasteiger partial charge in [-0.25, -0.2) is 4.98 Å². The first-order chi connectivity index (χ1) is 13.2. The molecule has 0 aliphatic rings. The van der Waals surface area contributed by atoms with Crippen molar-refractivity contribution in [3.63, 3.8) is 0 Å². The molecule has 1 aromatic heterocycles. The van der Waals surface area contributed by atoms with Crippen LogP contribution >= 0.6 is 11.6 Å². The number of halogens is 1. The Labute approximate surface area is 164 Å². The van der Waals surface area contributed by atoms with Crippen LogP contribution in [0.4, 0.5) is 5.82 Å². The molecule has 0 spiro atoms. The number of pyridine rings is 1. The van der Waals surface area contributed by atoms with Gasteiger partial charge >= 0.3 is 0 Å². The van der Waals surface area contributed by atoms with E-state index in [-0.39, 0.29) is 5.91 Å². The highest BCUT2D eigenvalue weighted by molar-refractivity contribution is 6.31. The third-order valence-corrected chi connectivity index (χ3v) is 4.58. The topological polar surface area (TPSA) is 54.0 Å². The maximum absolute atomic E-state index is 12.3. The highest BCUT2D eigenvalue weighted by Crippen LogP contribution is 2.16. The highest BCUT2D eigenvalue weighted by atomic mass is 35.5. The summed E-state index contributed by atoms with van der Waals surface area (Å²) in [5.41, 5.74) is 2.85. The molecule has 0 atom stereocenters. The normalized spacial score (nSPS) is 10.4. The lowest BCUT2D eigenvalue weighted by Crippen LogP contribution is -2.25. The van der Waals surface area contributed by atoms with Crippen LogP contribution in [-0.4, -0.2) is 17.4 Å². The van der Waals surface area contributed by atoms with Gasteiger partial charge in [0.15, 0.2) is 0 Å². The fourth-order valence-electron chi connectivity index (χ4n) is 2.74. The van der Waals surface area contributed by atoms with E-state index in [1.54, 1.807) is 18.3 Å². The number of hydrogen-bond acceptors (Lipinski definition) is 3. The van der Waals surface area contributed by atoms with E-state index in [4.69, 9.17) is 11.6 Å². The van der Waals surface area contributed by atoms with Crippen molar-refractivity contribution in [1.29, 1.82) is 0 Å². The van der Waals surface area contributed by atoms with Gasteiger partial charge in [0.25, 0.3) is 5.91 Å². The Morgan fingerprint density at radius 3 is 2.59 bits per heavy atom. The van der Waals surface area contributed by atoms with E-state index in [1.165, 1.54) is 5.56 Å². The van der Waals surface area contributed by atoms with Crippen molar-refractivity contribution in [2.45, 2.75) is 19.4 Å². The summed E-state index contributed by atoms with van der Waals surface area (Å²) in [6.07, 6.45) is 3.48. The Bertz CT molecular complexity index is 883. The molecule has 27 heavy (non-hydrogen) atoms. The van der Waals surface area contributed by atoms with Crippen LogP contribution in [0.5, 0.6) is 0 Å². The van der Waals surface area contributed by atoms with Crippen molar-refractivity contribution in [3.8, 4) is 0 Å². The number of rotatable bonds is 8. The third kappa shape index (κ3) is 5.83. The molecule has 0 aliphatic heterocycles. The first-order valence-electron chi connectivity index (χ1n) is 8.98. The van der Waals surface area contributed by atoms with Crippen molar-refractivity contribution in [3.05, 3.63) is 94.6 Å². The largest absolute Gasteiger partial charge is 0.366 e. The second-order valence-corrected chi connectivity index (χ2v) is 6.63. The van der Waals surface area contributed by atoms with Crippen LogP contribution in [0.15, 0.2) is 72.9 Å². The Morgan fingerprint density at radius 1 is 1.00 bits per heavy atom. The Kier molecular flexibility index (Phi) is 6.83. The quantitative estimate of drug-likeness (QED) is 0.557. The standard InChI is InChI=1S/C22H22ClN3O/c23-20-11-5-4-10-19(20)16-26-21-15-18(12-14-24-21)22(27)25-13-6-9-17-7-2-1-3-8-17/h1-5,7-8,10-12,14-15H,6,9,13,16H2,(H,24,26)(H,25,27). The SMILES string of the molecule is O=C(NCCCc1ccccc1)c1ccnc(NCc2ccccc2Cl)c1. The molecule has 1 heterocycles. The monoisotopic (exact) mass is 379 g/mol. The van der Waals surface area contributed by atoms with Gasteiger partial charge in [-0.2, -0.15) is 0 Å². The minimum Gasteiger partial charge on any atom is -0.366 e. The van der Waals surface area contributed by atoms with Crippen LogP contribution in [0.2, 0.25) is 5.02 Å². The summed E-state index contributed by atoms with van der Waals surface area (Å²) in [6.45, 7) is 1.19. The molecule has 0 unspecified atom stereocenters. The average Bonchev–Trinajstić information content (AvgIpc) is 2.71. The summed E-state index contributed by atoms with van der Waals surface area (Å²) < 4.78 is 0. The molecule has 0 saturated carbocycles. The lowest BCUT2D eigenvalue weighted by atomic mass is 10.1. The molecule has 0 saturated heterocycles. The minimum atomic E-state index is -0.0914. The number of anilines is 1. The van der Waals surface area contributed by atoms with Crippen LogP contribution in [0.1, 0.15) is 27.9 Å². The first-order valence-corrected chi connectivity index (χ1v) is 9.35. The van der Waals surface area contributed by atoms with E-state index in [0.29, 0.717) is 29.5 Å². The zero-order valence-electron chi connectivity index (χ0n) is 15.0. The maximum Gasteiger partial charge on any atom is 0.251 e. The van der Waals surface area contributed by atoms with Gasteiger partial charge in [-0.15, -0.1) is 0 Å². The summed E-state index contributed by atoms with van der Waals surface area (Å²) in [6, 6.07) is 21.4. The molecule has 138 valence electrons. The van der Waals surface area contributed by atoms with Gasteiger partial charge < -0.3 is 10.6 Å². The first kappa shape index (κ1) is 18.9. The van der Waals surface area contributed by atoms with E-state index in [2.05, 4.69) is 27.8 Å². The van der Waals surface area contributed by atoms with Gasteiger partial charge in [0.1, 0.15) is 5.82 Å². The molecule has 5 heteroatoms. The van der Waals surface area contributed by atoms with Crippen molar-refractivity contribution >= 4 is 23.3 Å². The Balaban J connectivity index is 1.49. The van der Waals surface area contributed by atoms with Crippen LogP contribution < -0.4 is 10.6 Å².